The van der Waals surface area contributed by atoms with Crippen LogP contribution in [0.3, 0.4) is 0 Å². The maximum Gasteiger partial charge on any atom is 0.251 e. The summed E-state index contributed by atoms with van der Waals surface area (Å²) in [5.74, 6) is -0.283. The molecule has 1 heterocycles. The molecule has 4 aromatic rings. The van der Waals surface area contributed by atoms with Gasteiger partial charge in [0.25, 0.3) is 5.91 Å². The molecule has 1 amide bonds. The number of hydrogen-bond donors (Lipinski definition) is 1. The van der Waals surface area contributed by atoms with Crippen LogP contribution in [-0.2, 0) is 9.59 Å². The average Bonchev–Trinajstić information content (AvgIpc) is 3.13. The summed E-state index contributed by atoms with van der Waals surface area (Å²) in [6, 6.07) is 30.5. The molecule has 6 heteroatoms. The summed E-state index contributed by atoms with van der Waals surface area (Å²) in [5, 5.41) is 4.52. The zero-order valence-electron chi connectivity index (χ0n) is 22.5. The van der Waals surface area contributed by atoms with E-state index in [0.29, 0.717) is 34.1 Å². The van der Waals surface area contributed by atoms with Crippen molar-refractivity contribution < 1.29 is 9.59 Å². The van der Waals surface area contributed by atoms with E-state index in [2.05, 4.69) is 5.32 Å². The van der Waals surface area contributed by atoms with Gasteiger partial charge in [0, 0.05) is 23.8 Å². The molecule has 0 aromatic heterocycles. The molecule has 2 atom stereocenters. The summed E-state index contributed by atoms with van der Waals surface area (Å²) in [6.45, 7) is 2.03. The molecule has 1 aliphatic heterocycles. The smallest absolute Gasteiger partial charge is 0.251 e. The molecule has 0 bridgehead atoms. The molecule has 4 aromatic carbocycles. The number of carbonyl (C=O) groups is 2. The highest BCUT2D eigenvalue weighted by molar-refractivity contribution is 6.42. The number of nitrogens with one attached hydrogen (secondary N) is 1. The van der Waals surface area contributed by atoms with Gasteiger partial charge in [0.1, 0.15) is 0 Å². The van der Waals surface area contributed by atoms with Crippen molar-refractivity contribution in [1.29, 1.82) is 0 Å². The van der Waals surface area contributed by atoms with Crippen molar-refractivity contribution in [3.05, 3.63) is 147 Å². The summed E-state index contributed by atoms with van der Waals surface area (Å²) in [5.41, 5.74) is 6.79. The van der Waals surface area contributed by atoms with Gasteiger partial charge in [0.15, 0.2) is 5.78 Å². The third-order valence-corrected chi connectivity index (χ3v) is 8.49. The van der Waals surface area contributed by atoms with Gasteiger partial charge in [-0.1, -0.05) is 102 Å². The third-order valence-electron chi connectivity index (χ3n) is 7.75. The Hall–Kier alpha value is -4.12. The van der Waals surface area contributed by atoms with Crippen molar-refractivity contribution in [3.8, 4) is 0 Å². The SMILES string of the molecule is Cc1ccc([C@H]2C3=C(C[C@@H](c4ccc(Cl)c(Cl)c4)CC3=O)Nc3ccccc3N2C(=O)/C=C/c2ccccc2)cc1. The highest BCUT2D eigenvalue weighted by Gasteiger charge is 2.41. The summed E-state index contributed by atoms with van der Waals surface area (Å²) >= 11 is 12.5. The van der Waals surface area contributed by atoms with E-state index in [0.717, 1.165) is 33.6 Å². The van der Waals surface area contributed by atoms with E-state index in [4.69, 9.17) is 23.2 Å². The topological polar surface area (TPSA) is 49.4 Å². The fraction of sp³-hybridized carbons (Fsp3) is 0.143. The lowest BCUT2D eigenvalue weighted by atomic mass is 9.78. The number of carbonyl (C=O) groups excluding carboxylic acids is 2. The van der Waals surface area contributed by atoms with E-state index in [-0.39, 0.29) is 17.6 Å². The standard InChI is InChI=1S/C35H28Cl2N2O2/c1-22-11-14-24(15-12-22)35-34-30(20-26(21-32(34)40)25-16-17-27(36)28(37)19-25)38-29-9-5-6-10-31(29)39(35)33(41)18-13-23-7-3-2-4-8-23/h2-19,26,35,38H,20-21H2,1H3/b18-13+/t26-,35+/m1/s1. The Bertz CT molecular complexity index is 1690. The van der Waals surface area contributed by atoms with Crippen LogP contribution in [-0.4, -0.2) is 11.7 Å². The molecular formula is C35H28Cl2N2O2. The number of halogens is 2. The number of aryl methyl sites for hydroxylation is 1. The van der Waals surface area contributed by atoms with E-state index in [9.17, 15) is 9.59 Å². The normalized spacial score (nSPS) is 18.5. The molecule has 6 rings (SSSR count). The minimum Gasteiger partial charge on any atom is -0.357 e. The van der Waals surface area contributed by atoms with Crippen LogP contribution >= 0.6 is 23.2 Å². The van der Waals surface area contributed by atoms with E-state index in [1.54, 1.807) is 17.0 Å². The molecule has 1 aliphatic carbocycles. The first-order valence-electron chi connectivity index (χ1n) is 13.6. The molecule has 1 N–H and O–H groups in total. The number of hydrogen-bond acceptors (Lipinski definition) is 3. The lowest BCUT2D eigenvalue weighted by Gasteiger charge is -2.34. The van der Waals surface area contributed by atoms with Crippen molar-refractivity contribution >= 4 is 52.3 Å². The van der Waals surface area contributed by atoms with Crippen LogP contribution in [0.15, 0.2) is 114 Å². The number of anilines is 2. The number of nitrogens with zero attached hydrogens (tertiary/aromatic N) is 1. The van der Waals surface area contributed by atoms with Gasteiger partial charge in [-0.15, -0.1) is 0 Å². The number of para-hydroxylation sites is 2. The number of allylic oxidation sites excluding steroid dienone is 1. The minimum atomic E-state index is -0.600. The van der Waals surface area contributed by atoms with Crippen molar-refractivity contribution in [2.45, 2.75) is 31.7 Å². The minimum absolute atomic E-state index is 0.00181. The lowest BCUT2D eigenvalue weighted by molar-refractivity contribution is -0.116. The second-order valence-corrected chi connectivity index (χ2v) is 11.3. The summed E-state index contributed by atoms with van der Waals surface area (Å²) < 4.78 is 0. The van der Waals surface area contributed by atoms with Gasteiger partial charge in [-0.05, 0) is 66.3 Å². The number of ketones is 1. The fourth-order valence-electron chi connectivity index (χ4n) is 5.71. The zero-order chi connectivity index (χ0) is 28.5. The van der Waals surface area contributed by atoms with Gasteiger partial charge in [0.2, 0.25) is 0 Å². The van der Waals surface area contributed by atoms with Gasteiger partial charge in [0.05, 0.1) is 27.5 Å². The molecule has 0 saturated carbocycles. The quantitative estimate of drug-likeness (QED) is 0.246. The lowest BCUT2D eigenvalue weighted by Crippen LogP contribution is -2.37. The Morgan fingerprint density at radius 1 is 0.854 bits per heavy atom. The Morgan fingerprint density at radius 3 is 2.32 bits per heavy atom. The van der Waals surface area contributed by atoms with E-state index in [1.807, 2.05) is 104 Å². The highest BCUT2D eigenvalue weighted by atomic mass is 35.5. The van der Waals surface area contributed by atoms with E-state index >= 15 is 0 Å². The van der Waals surface area contributed by atoms with Crippen LogP contribution in [0, 0.1) is 6.92 Å². The summed E-state index contributed by atoms with van der Waals surface area (Å²) in [6.07, 6.45) is 4.30. The molecule has 0 radical (unpaired) electrons. The average molecular weight is 580 g/mol. The van der Waals surface area contributed by atoms with Crippen LogP contribution in [0.2, 0.25) is 10.0 Å². The predicted octanol–water partition coefficient (Wildman–Crippen LogP) is 8.92. The molecule has 0 spiro atoms. The van der Waals surface area contributed by atoms with Crippen LogP contribution in [0.4, 0.5) is 11.4 Å². The van der Waals surface area contributed by atoms with Crippen LogP contribution < -0.4 is 10.2 Å². The van der Waals surface area contributed by atoms with Crippen molar-refractivity contribution in [2.24, 2.45) is 0 Å². The van der Waals surface area contributed by atoms with Crippen LogP contribution in [0.25, 0.3) is 6.08 Å². The summed E-state index contributed by atoms with van der Waals surface area (Å²) in [7, 11) is 0. The van der Waals surface area contributed by atoms with E-state index in [1.165, 1.54) is 0 Å². The number of fused-ring (bicyclic) bond motifs is 1. The number of rotatable bonds is 4. The van der Waals surface area contributed by atoms with Crippen LogP contribution in [0.5, 0.6) is 0 Å². The van der Waals surface area contributed by atoms with Crippen molar-refractivity contribution in [1.82, 2.24) is 0 Å². The Balaban J connectivity index is 1.50. The monoisotopic (exact) mass is 578 g/mol. The van der Waals surface area contributed by atoms with Crippen molar-refractivity contribution in [3.63, 3.8) is 0 Å². The Kier molecular flexibility index (Phi) is 7.53. The number of Topliss-reactive ketones (excluding diaryl/α,β-unsaturated/α-hetero) is 1. The number of benzene rings is 4. The molecule has 4 nitrogen and oxygen atoms in total. The maximum atomic E-state index is 14.2. The van der Waals surface area contributed by atoms with Gasteiger partial charge in [-0.25, -0.2) is 0 Å². The molecular weight excluding hydrogens is 551 g/mol. The first-order valence-corrected chi connectivity index (χ1v) is 14.3. The first-order chi connectivity index (χ1) is 19.9. The van der Waals surface area contributed by atoms with Gasteiger partial charge in [-0.3, -0.25) is 14.5 Å². The molecule has 41 heavy (non-hydrogen) atoms. The van der Waals surface area contributed by atoms with Gasteiger partial charge >= 0.3 is 0 Å². The Labute approximate surface area is 249 Å². The highest BCUT2D eigenvalue weighted by Crippen LogP contribution is 2.47. The molecule has 2 aliphatic rings. The fourth-order valence-corrected chi connectivity index (χ4v) is 6.02. The molecule has 0 saturated heterocycles. The molecule has 0 unspecified atom stereocenters. The van der Waals surface area contributed by atoms with Gasteiger partial charge < -0.3 is 5.32 Å². The largest absolute Gasteiger partial charge is 0.357 e. The van der Waals surface area contributed by atoms with E-state index < -0.39 is 6.04 Å². The van der Waals surface area contributed by atoms with Crippen LogP contribution in [0.1, 0.15) is 47.1 Å². The number of amides is 1. The van der Waals surface area contributed by atoms with Crippen molar-refractivity contribution in [2.75, 3.05) is 10.2 Å². The molecule has 0 fully saturated rings. The first kappa shape index (κ1) is 27.1. The van der Waals surface area contributed by atoms with Gasteiger partial charge in [-0.2, -0.15) is 0 Å². The summed E-state index contributed by atoms with van der Waals surface area (Å²) in [4.78, 5) is 30.0. The third kappa shape index (κ3) is 5.46. The Morgan fingerprint density at radius 2 is 1.56 bits per heavy atom. The maximum absolute atomic E-state index is 14.2. The second kappa shape index (κ2) is 11.4. The molecule has 204 valence electrons. The second-order valence-electron chi connectivity index (χ2n) is 10.5. The zero-order valence-corrected chi connectivity index (χ0v) is 24.0. The predicted molar refractivity (Wildman–Crippen MR) is 167 cm³/mol.